The Bertz CT molecular complexity index is 825. The number of pyridine rings is 3. The standard InChI is InChI=1S/C21H22N4O/c1-2-18(10-23-6-1)13-25-9-5-21-19(14-25)11-24-12-20(21)16-26-15-17-3-7-22-8-4-17/h1-4,6-8,10-12H,5,9,13-16H2. The maximum absolute atomic E-state index is 5.90. The average Bonchev–Trinajstić information content (AvgIpc) is 2.70. The van der Waals surface area contributed by atoms with Gasteiger partial charge < -0.3 is 4.74 Å². The van der Waals surface area contributed by atoms with E-state index >= 15 is 0 Å². The van der Waals surface area contributed by atoms with Crippen molar-refractivity contribution in [3.63, 3.8) is 0 Å². The Hall–Kier alpha value is -2.63. The first-order valence-electron chi connectivity index (χ1n) is 8.91. The summed E-state index contributed by atoms with van der Waals surface area (Å²) in [6.45, 7) is 4.09. The molecule has 0 unspecified atom stereocenters. The van der Waals surface area contributed by atoms with Crippen LogP contribution >= 0.6 is 0 Å². The van der Waals surface area contributed by atoms with Gasteiger partial charge in [0.1, 0.15) is 0 Å². The number of fused-ring (bicyclic) bond motifs is 1. The van der Waals surface area contributed by atoms with Gasteiger partial charge in [-0.2, -0.15) is 0 Å². The lowest BCUT2D eigenvalue weighted by molar-refractivity contribution is 0.105. The van der Waals surface area contributed by atoms with Crippen LogP contribution in [0.3, 0.4) is 0 Å². The van der Waals surface area contributed by atoms with Crippen molar-refractivity contribution in [1.82, 2.24) is 19.9 Å². The van der Waals surface area contributed by atoms with E-state index in [0.717, 1.165) is 31.6 Å². The van der Waals surface area contributed by atoms with Gasteiger partial charge in [0.25, 0.3) is 0 Å². The van der Waals surface area contributed by atoms with Gasteiger partial charge in [-0.05, 0) is 52.4 Å². The van der Waals surface area contributed by atoms with E-state index in [1.807, 2.05) is 43.0 Å². The van der Waals surface area contributed by atoms with Crippen LogP contribution in [0.2, 0.25) is 0 Å². The molecule has 0 aromatic carbocycles. The van der Waals surface area contributed by atoms with Gasteiger partial charge in [-0.15, -0.1) is 0 Å². The summed E-state index contributed by atoms with van der Waals surface area (Å²) in [7, 11) is 0. The summed E-state index contributed by atoms with van der Waals surface area (Å²) in [6, 6.07) is 8.08. The molecule has 0 bridgehead atoms. The minimum Gasteiger partial charge on any atom is -0.372 e. The van der Waals surface area contributed by atoms with E-state index in [-0.39, 0.29) is 0 Å². The Morgan fingerprint density at radius 2 is 1.81 bits per heavy atom. The van der Waals surface area contributed by atoms with Crippen LogP contribution in [-0.4, -0.2) is 26.4 Å². The van der Waals surface area contributed by atoms with E-state index in [1.54, 1.807) is 12.4 Å². The number of rotatable bonds is 6. The van der Waals surface area contributed by atoms with Crippen LogP contribution in [0, 0.1) is 0 Å². The van der Waals surface area contributed by atoms with Crippen LogP contribution in [0.4, 0.5) is 0 Å². The number of hydrogen-bond acceptors (Lipinski definition) is 5. The van der Waals surface area contributed by atoms with Crippen molar-refractivity contribution >= 4 is 0 Å². The molecule has 5 nitrogen and oxygen atoms in total. The molecule has 4 heterocycles. The Labute approximate surface area is 153 Å². The third-order valence-corrected chi connectivity index (χ3v) is 4.71. The third kappa shape index (κ3) is 4.12. The fourth-order valence-corrected chi connectivity index (χ4v) is 3.39. The predicted molar refractivity (Wildman–Crippen MR) is 99.0 cm³/mol. The smallest absolute Gasteiger partial charge is 0.0739 e. The monoisotopic (exact) mass is 346 g/mol. The van der Waals surface area contributed by atoms with Crippen molar-refractivity contribution in [3.05, 3.63) is 89.3 Å². The van der Waals surface area contributed by atoms with Crippen molar-refractivity contribution in [2.24, 2.45) is 0 Å². The van der Waals surface area contributed by atoms with Gasteiger partial charge in [0.15, 0.2) is 0 Å². The molecular weight excluding hydrogens is 324 g/mol. The highest BCUT2D eigenvalue weighted by Gasteiger charge is 2.19. The molecule has 0 spiro atoms. The molecule has 1 aliphatic heterocycles. The SMILES string of the molecule is c1cncc(CN2CCc3c(COCc4ccncc4)cncc3C2)c1. The van der Waals surface area contributed by atoms with Gasteiger partial charge in [0, 0.05) is 56.8 Å². The molecule has 26 heavy (non-hydrogen) atoms. The normalized spacial score (nSPS) is 14.2. The van der Waals surface area contributed by atoms with E-state index in [4.69, 9.17) is 4.74 Å². The number of hydrogen-bond donors (Lipinski definition) is 0. The molecule has 0 radical (unpaired) electrons. The molecule has 5 heteroatoms. The summed E-state index contributed by atoms with van der Waals surface area (Å²) in [5, 5.41) is 0. The van der Waals surface area contributed by atoms with E-state index < -0.39 is 0 Å². The Balaban J connectivity index is 1.38. The molecule has 3 aromatic rings. The van der Waals surface area contributed by atoms with Crippen LogP contribution in [0.1, 0.15) is 27.8 Å². The molecule has 0 saturated heterocycles. The molecule has 3 aromatic heterocycles. The predicted octanol–water partition coefficient (Wildman–Crippen LogP) is 3.15. The topological polar surface area (TPSA) is 51.1 Å². The Morgan fingerprint density at radius 1 is 0.885 bits per heavy atom. The molecule has 0 atom stereocenters. The van der Waals surface area contributed by atoms with Crippen molar-refractivity contribution in [2.45, 2.75) is 32.7 Å². The van der Waals surface area contributed by atoms with Gasteiger partial charge in [-0.1, -0.05) is 6.07 Å². The van der Waals surface area contributed by atoms with Gasteiger partial charge >= 0.3 is 0 Å². The average molecular weight is 346 g/mol. The molecule has 0 amide bonds. The van der Waals surface area contributed by atoms with Crippen LogP contribution in [0.25, 0.3) is 0 Å². The molecule has 0 fully saturated rings. The molecule has 4 rings (SSSR count). The number of nitrogens with zero attached hydrogens (tertiary/aromatic N) is 4. The summed E-state index contributed by atoms with van der Waals surface area (Å²) in [6.07, 6.45) is 12.3. The second kappa shape index (κ2) is 8.17. The zero-order valence-electron chi connectivity index (χ0n) is 14.7. The molecular formula is C21H22N4O. The van der Waals surface area contributed by atoms with Gasteiger partial charge in [-0.3, -0.25) is 19.9 Å². The maximum atomic E-state index is 5.90. The quantitative estimate of drug-likeness (QED) is 0.686. The first kappa shape index (κ1) is 16.8. The van der Waals surface area contributed by atoms with E-state index in [1.165, 1.54) is 22.3 Å². The highest BCUT2D eigenvalue weighted by molar-refractivity contribution is 5.33. The first-order valence-corrected chi connectivity index (χ1v) is 8.91. The fourth-order valence-electron chi connectivity index (χ4n) is 3.39. The van der Waals surface area contributed by atoms with E-state index in [9.17, 15) is 0 Å². The molecule has 1 aliphatic rings. The van der Waals surface area contributed by atoms with Crippen molar-refractivity contribution in [1.29, 1.82) is 0 Å². The highest BCUT2D eigenvalue weighted by Crippen LogP contribution is 2.23. The summed E-state index contributed by atoms with van der Waals surface area (Å²) in [5.41, 5.74) is 6.31. The molecule has 132 valence electrons. The Morgan fingerprint density at radius 3 is 2.65 bits per heavy atom. The fraction of sp³-hybridized carbons (Fsp3) is 0.286. The second-order valence-corrected chi connectivity index (χ2v) is 6.61. The van der Waals surface area contributed by atoms with Gasteiger partial charge in [0.05, 0.1) is 13.2 Å². The summed E-state index contributed by atoms with van der Waals surface area (Å²) < 4.78 is 5.90. The largest absolute Gasteiger partial charge is 0.372 e. The van der Waals surface area contributed by atoms with E-state index in [0.29, 0.717) is 13.2 Å². The second-order valence-electron chi connectivity index (χ2n) is 6.61. The van der Waals surface area contributed by atoms with Crippen LogP contribution in [0.5, 0.6) is 0 Å². The zero-order chi connectivity index (χ0) is 17.6. The maximum Gasteiger partial charge on any atom is 0.0739 e. The lowest BCUT2D eigenvalue weighted by Gasteiger charge is -2.29. The molecule has 0 N–H and O–H groups in total. The first-order chi connectivity index (χ1) is 12.9. The summed E-state index contributed by atoms with van der Waals surface area (Å²) >= 11 is 0. The van der Waals surface area contributed by atoms with Crippen molar-refractivity contribution < 1.29 is 4.74 Å². The van der Waals surface area contributed by atoms with Crippen molar-refractivity contribution in [2.75, 3.05) is 6.54 Å². The van der Waals surface area contributed by atoms with Crippen LogP contribution in [-0.2, 0) is 37.5 Å². The van der Waals surface area contributed by atoms with Crippen LogP contribution in [0.15, 0.2) is 61.4 Å². The summed E-state index contributed by atoms with van der Waals surface area (Å²) in [4.78, 5) is 15.1. The van der Waals surface area contributed by atoms with Gasteiger partial charge in [-0.25, -0.2) is 0 Å². The minimum atomic E-state index is 0.597. The number of aromatic nitrogens is 3. The third-order valence-electron chi connectivity index (χ3n) is 4.71. The highest BCUT2D eigenvalue weighted by atomic mass is 16.5. The Kier molecular flexibility index (Phi) is 5.28. The van der Waals surface area contributed by atoms with Gasteiger partial charge in [0.2, 0.25) is 0 Å². The lowest BCUT2D eigenvalue weighted by Crippen LogP contribution is -2.31. The zero-order valence-corrected chi connectivity index (χ0v) is 14.7. The molecule has 0 aliphatic carbocycles. The minimum absolute atomic E-state index is 0.597. The lowest BCUT2D eigenvalue weighted by atomic mass is 9.97. The van der Waals surface area contributed by atoms with Crippen molar-refractivity contribution in [3.8, 4) is 0 Å². The summed E-state index contributed by atoms with van der Waals surface area (Å²) in [5.74, 6) is 0. The van der Waals surface area contributed by atoms with E-state index in [2.05, 4.69) is 25.9 Å². The van der Waals surface area contributed by atoms with Crippen LogP contribution < -0.4 is 0 Å². The number of ether oxygens (including phenoxy) is 1. The molecule has 0 saturated carbocycles.